The molecule has 156 valence electrons. The van der Waals surface area contributed by atoms with E-state index in [0.29, 0.717) is 0 Å². The Balaban J connectivity index is 0.00000280. The van der Waals surface area contributed by atoms with Crippen LogP contribution < -0.4 is 5.32 Å². The molecule has 2 aromatic heterocycles. The lowest BCUT2D eigenvalue weighted by Crippen LogP contribution is -2.52. The van der Waals surface area contributed by atoms with Crippen molar-refractivity contribution in [3.63, 3.8) is 0 Å². The van der Waals surface area contributed by atoms with Crippen molar-refractivity contribution in [1.29, 1.82) is 0 Å². The van der Waals surface area contributed by atoms with Gasteiger partial charge in [-0.1, -0.05) is 5.16 Å². The van der Waals surface area contributed by atoms with Crippen LogP contribution in [0.2, 0.25) is 0 Å². The second kappa shape index (κ2) is 11.4. The van der Waals surface area contributed by atoms with Gasteiger partial charge in [-0.3, -0.25) is 14.6 Å². The van der Waals surface area contributed by atoms with E-state index in [1.54, 1.807) is 6.26 Å². The zero-order valence-electron chi connectivity index (χ0n) is 17.1. The third kappa shape index (κ3) is 6.47. The summed E-state index contributed by atoms with van der Waals surface area (Å²) < 4.78 is 6.99. The maximum atomic E-state index is 4.92. The molecule has 0 spiro atoms. The molecule has 0 atom stereocenters. The highest BCUT2D eigenvalue weighted by molar-refractivity contribution is 14.0. The first kappa shape index (κ1) is 22.7. The van der Waals surface area contributed by atoms with Gasteiger partial charge in [-0.2, -0.15) is 5.10 Å². The molecule has 28 heavy (non-hydrogen) atoms. The monoisotopic (exact) mass is 501 g/mol. The number of nitrogens with one attached hydrogen (secondary N) is 1. The summed E-state index contributed by atoms with van der Waals surface area (Å²) in [7, 11) is 0. The number of guanidine groups is 1. The SMILES string of the molecule is CCNC(=NCCCn1nc(C)cc1C)N1CCN(Cc2ccon2)CC1.I. The van der Waals surface area contributed by atoms with Crippen molar-refractivity contribution in [3.05, 3.63) is 35.5 Å². The molecule has 3 rings (SSSR count). The van der Waals surface area contributed by atoms with E-state index in [-0.39, 0.29) is 24.0 Å². The van der Waals surface area contributed by atoms with Gasteiger partial charge < -0.3 is 14.7 Å². The number of hydrogen-bond donors (Lipinski definition) is 1. The highest BCUT2D eigenvalue weighted by Crippen LogP contribution is 2.08. The summed E-state index contributed by atoms with van der Waals surface area (Å²) in [4.78, 5) is 9.59. The third-order valence-corrected chi connectivity index (χ3v) is 4.78. The highest BCUT2D eigenvalue weighted by atomic mass is 127. The van der Waals surface area contributed by atoms with Gasteiger partial charge in [0.15, 0.2) is 5.96 Å². The van der Waals surface area contributed by atoms with E-state index >= 15 is 0 Å². The molecule has 1 saturated heterocycles. The van der Waals surface area contributed by atoms with E-state index in [2.05, 4.69) is 50.0 Å². The Morgan fingerprint density at radius 1 is 1.25 bits per heavy atom. The molecule has 0 saturated carbocycles. The number of aromatic nitrogens is 3. The molecule has 8 nitrogen and oxygen atoms in total. The van der Waals surface area contributed by atoms with Gasteiger partial charge in [0, 0.05) is 64.1 Å². The maximum absolute atomic E-state index is 4.92. The molecule has 9 heteroatoms. The lowest BCUT2D eigenvalue weighted by molar-refractivity contribution is 0.169. The average Bonchev–Trinajstić information content (AvgIpc) is 3.28. The van der Waals surface area contributed by atoms with Crippen molar-refractivity contribution in [2.45, 2.75) is 40.3 Å². The zero-order chi connectivity index (χ0) is 19.1. The first-order chi connectivity index (χ1) is 13.2. The minimum atomic E-state index is 0. The third-order valence-electron chi connectivity index (χ3n) is 4.78. The molecule has 1 fully saturated rings. The van der Waals surface area contributed by atoms with Crippen LogP contribution in [-0.4, -0.2) is 70.0 Å². The molecule has 0 bridgehead atoms. The first-order valence-corrected chi connectivity index (χ1v) is 9.81. The van der Waals surface area contributed by atoms with Gasteiger partial charge in [-0.25, -0.2) is 0 Å². The van der Waals surface area contributed by atoms with Crippen LogP contribution in [0, 0.1) is 13.8 Å². The van der Waals surface area contributed by atoms with E-state index in [9.17, 15) is 0 Å². The average molecular weight is 501 g/mol. The van der Waals surface area contributed by atoms with Crippen LogP contribution in [0.4, 0.5) is 0 Å². The number of aliphatic imine (C=N–C) groups is 1. The number of rotatable bonds is 7. The van der Waals surface area contributed by atoms with Crippen LogP contribution in [0.3, 0.4) is 0 Å². The quantitative estimate of drug-likeness (QED) is 0.272. The topological polar surface area (TPSA) is 74.7 Å². The van der Waals surface area contributed by atoms with E-state index < -0.39 is 0 Å². The summed E-state index contributed by atoms with van der Waals surface area (Å²) in [5, 5.41) is 12.0. The van der Waals surface area contributed by atoms with Crippen molar-refractivity contribution in [2.24, 2.45) is 4.99 Å². The van der Waals surface area contributed by atoms with Crippen LogP contribution in [0.1, 0.15) is 30.4 Å². The van der Waals surface area contributed by atoms with Gasteiger partial charge in [-0.05, 0) is 33.3 Å². The van der Waals surface area contributed by atoms with Gasteiger partial charge in [0.2, 0.25) is 0 Å². The number of aryl methyl sites for hydroxylation is 3. The second-order valence-corrected chi connectivity index (χ2v) is 6.99. The van der Waals surface area contributed by atoms with Crippen molar-refractivity contribution in [1.82, 2.24) is 30.1 Å². The standard InChI is InChI=1S/C19H31N7O.HI/c1-4-20-19(21-7-5-8-26-17(3)14-16(2)22-26)25-11-9-24(10-12-25)15-18-6-13-27-23-18;/h6,13-14H,4-5,7-12,15H2,1-3H3,(H,20,21);1H. The smallest absolute Gasteiger partial charge is 0.194 e. The lowest BCUT2D eigenvalue weighted by atomic mass is 10.3. The van der Waals surface area contributed by atoms with E-state index in [4.69, 9.17) is 9.52 Å². The fourth-order valence-corrected chi connectivity index (χ4v) is 3.40. The maximum Gasteiger partial charge on any atom is 0.194 e. The Morgan fingerprint density at radius 3 is 2.64 bits per heavy atom. The minimum Gasteiger partial charge on any atom is -0.364 e. The van der Waals surface area contributed by atoms with Crippen LogP contribution in [0.5, 0.6) is 0 Å². The van der Waals surface area contributed by atoms with Gasteiger partial charge >= 0.3 is 0 Å². The summed E-state index contributed by atoms with van der Waals surface area (Å²) in [6.07, 6.45) is 2.62. The van der Waals surface area contributed by atoms with Crippen LogP contribution in [0.15, 0.2) is 27.9 Å². The molecule has 1 aliphatic rings. The molecule has 0 radical (unpaired) electrons. The van der Waals surface area contributed by atoms with Gasteiger partial charge in [0.25, 0.3) is 0 Å². The number of piperazine rings is 1. The Bertz CT molecular complexity index is 721. The lowest BCUT2D eigenvalue weighted by Gasteiger charge is -2.36. The molecule has 0 amide bonds. The molecular weight excluding hydrogens is 469 g/mol. The van der Waals surface area contributed by atoms with Crippen LogP contribution >= 0.6 is 24.0 Å². The molecule has 0 unspecified atom stereocenters. The van der Waals surface area contributed by atoms with Crippen LogP contribution in [0.25, 0.3) is 0 Å². The van der Waals surface area contributed by atoms with Crippen molar-refractivity contribution < 1.29 is 4.52 Å². The second-order valence-electron chi connectivity index (χ2n) is 6.99. The fourth-order valence-electron chi connectivity index (χ4n) is 3.40. The fraction of sp³-hybridized carbons (Fsp3) is 0.632. The van der Waals surface area contributed by atoms with Gasteiger partial charge in [0.05, 0.1) is 11.4 Å². The number of hydrogen-bond acceptors (Lipinski definition) is 5. The normalized spacial score (nSPS) is 15.5. The van der Waals surface area contributed by atoms with Crippen molar-refractivity contribution in [2.75, 3.05) is 39.3 Å². The van der Waals surface area contributed by atoms with Crippen molar-refractivity contribution in [3.8, 4) is 0 Å². The predicted octanol–water partition coefficient (Wildman–Crippen LogP) is 2.28. The molecule has 0 aromatic carbocycles. The molecular formula is C19H32IN7O. The Morgan fingerprint density at radius 2 is 2.04 bits per heavy atom. The molecule has 0 aliphatic carbocycles. The van der Waals surface area contributed by atoms with E-state index in [1.807, 2.05) is 13.0 Å². The summed E-state index contributed by atoms with van der Waals surface area (Å²) in [6.45, 7) is 13.7. The number of halogens is 1. The number of nitrogens with zero attached hydrogens (tertiary/aromatic N) is 6. The molecule has 2 aromatic rings. The Hall–Kier alpha value is -1.62. The van der Waals surface area contributed by atoms with Crippen LogP contribution in [-0.2, 0) is 13.1 Å². The van der Waals surface area contributed by atoms with Gasteiger partial charge in [-0.15, -0.1) is 24.0 Å². The Labute approximate surface area is 184 Å². The highest BCUT2D eigenvalue weighted by Gasteiger charge is 2.20. The summed E-state index contributed by atoms with van der Waals surface area (Å²) in [5.74, 6) is 1.02. The zero-order valence-corrected chi connectivity index (χ0v) is 19.4. The molecule has 3 heterocycles. The minimum absolute atomic E-state index is 0. The summed E-state index contributed by atoms with van der Waals surface area (Å²) >= 11 is 0. The largest absolute Gasteiger partial charge is 0.364 e. The molecule has 1 N–H and O–H groups in total. The van der Waals surface area contributed by atoms with Gasteiger partial charge in [0.1, 0.15) is 6.26 Å². The predicted molar refractivity (Wildman–Crippen MR) is 121 cm³/mol. The van der Waals surface area contributed by atoms with Crippen molar-refractivity contribution >= 4 is 29.9 Å². The first-order valence-electron chi connectivity index (χ1n) is 9.81. The van der Waals surface area contributed by atoms with E-state index in [0.717, 1.165) is 76.1 Å². The summed E-state index contributed by atoms with van der Waals surface area (Å²) in [6, 6.07) is 4.05. The van der Waals surface area contributed by atoms with E-state index in [1.165, 1.54) is 5.69 Å². The molecule has 1 aliphatic heterocycles. The summed E-state index contributed by atoms with van der Waals surface area (Å²) in [5.41, 5.74) is 3.28. The Kier molecular flexibility index (Phi) is 9.23.